The number of nitrogens with one attached hydrogen (secondary N) is 1. The number of nitrogens with zero attached hydrogens (tertiary/aromatic N) is 2. The van der Waals surface area contributed by atoms with E-state index in [1.807, 2.05) is 51.1 Å². The summed E-state index contributed by atoms with van der Waals surface area (Å²) in [5.41, 5.74) is 1.05. The molecule has 1 atom stereocenters. The van der Waals surface area contributed by atoms with Gasteiger partial charge in [-0.3, -0.25) is 13.9 Å². The quantitative estimate of drug-likeness (QED) is 0.264. The van der Waals surface area contributed by atoms with Gasteiger partial charge in [0.25, 0.3) is 0 Å². The Morgan fingerprint density at radius 2 is 1.50 bits per heavy atom. The molecule has 0 aliphatic carbocycles. The van der Waals surface area contributed by atoms with Crippen LogP contribution in [0.4, 0.5) is 5.69 Å². The Labute approximate surface area is 260 Å². The van der Waals surface area contributed by atoms with Crippen LogP contribution in [0.3, 0.4) is 0 Å². The number of sulfonamides is 1. The molecule has 0 fully saturated rings. The number of carbonyl (C=O) groups is 2. The van der Waals surface area contributed by atoms with Crippen molar-refractivity contribution in [3.8, 4) is 0 Å². The molecule has 1 N–H and O–H groups in total. The second-order valence-electron chi connectivity index (χ2n) is 10.4. The van der Waals surface area contributed by atoms with Gasteiger partial charge in [-0.1, -0.05) is 59.6 Å². The van der Waals surface area contributed by atoms with Gasteiger partial charge in [0.2, 0.25) is 21.8 Å². The van der Waals surface area contributed by atoms with E-state index >= 15 is 0 Å². The number of amides is 2. The highest BCUT2D eigenvalue weighted by atomic mass is 127. The summed E-state index contributed by atoms with van der Waals surface area (Å²) in [5.74, 6) is -0.960. The number of anilines is 1. The van der Waals surface area contributed by atoms with Gasteiger partial charge >= 0.3 is 0 Å². The summed E-state index contributed by atoms with van der Waals surface area (Å²) in [6.45, 7) is 4.93. The lowest BCUT2D eigenvalue weighted by molar-refractivity contribution is -0.140. The first-order valence-corrected chi connectivity index (χ1v) is 16.2. The topological polar surface area (TPSA) is 86.8 Å². The van der Waals surface area contributed by atoms with E-state index in [-0.39, 0.29) is 18.9 Å². The Bertz CT molecular complexity index is 1430. The van der Waals surface area contributed by atoms with E-state index in [2.05, 4.69) is 27.9 Å². The molecule has 2 amide bonds. The molecule has 3 aromatic carbocycles. The second-order valence-corrected chi connectivity index (χ2v) is 14.4. The summed E-state index contributed by atoms with van der Waals surface area (Å²) in [5, 5.41) is 3.64. The molecular formula is C29H32Cl2IN3O4S. The molecule has 214 valence electrons. The minimum Gasteiger partial charge on any atom is -0.350 e. The van der Waals surface area contributed by atoms with Gasteiger partial charge in [-0.25, -0.2) is 8.42 Å². The largest absolute Gasteiger partial charge is 0.350 e. The molecular weight excluding hydrogens is 684 g/mol. The lowest BCUT2D eigenvalue weighted by Gasteiger charge is -2.35. The zero-order chi connectivity index (χ0) is 29.7. The van der Waals surface area contributed by atoms with Gasteiger partial charge in [-0.2, -0.15) is 0 Å². The Hall–Kier alpha value is -2.34. The third-order valence-corrected chi connectivity index (χ3v) is 8.52. The van der Waals surface area contributed by atoms with E-state index in [9.17, 15) is 18.0 Å². The maximum Gasteiger partial charge on any atom is 0.244 e. The van der Waals surface area contributed by atoms with Crippen molar-refractivity contribution in [3.05, 3.63) is 97.5 Å². The van der Waals surface area contributed by atoms with Crippen LogP contribution < -0.4 is 9.62 Å². The van der Waals surface area contributed by atoms with E-state index in [0.717, 1.165) is 19.7 Å². The zero-order valence-corrected chi connectivity index (χ0v) is 27.2. The number of benzene rings is 3. The van der Waals surface area contributed by atoms with Crippen molar-refractivity contribution < 1.29 is 18.0 Å². The van der Waals surface area contributed by atoms with Gasteiger partial charge in [0.1, 0.15) is 12.6 Å². The molecule has 0 unspecified atom stereocenters. The molecule has 0 saturated heterocycles. The third kappa shape index (κ3) is 9.09. The average Bonchev–Trinajstić information content (AvgIpc) is 2.85. The van der Waals surface area contributed by atoms with Crippen LogP contribution in [0.15, 0.2) is 72.8 Å². The van der Waals surface area contributed by atoms with Gasteiger partial charge in [0.15, 0.2) is 0 Å². The number of halogens is 3. The molecule has 0 aliphatic rings. The maximum atomic E-state index is 14.1. The van der Waals surface area contributed by atoms with Crippen LogP contribution >= 0.6 is 45.8 Å². The van der Waals surface area contributed by atoms with E-state index in [1.54, 1.807) is 42.5 Å². The lowest BCUT2D eigenvalue weighted by Crippen LogP contribution is -2.56. The number of carbonyl (C=O) groups excluding carboxylic acids is 2. The van der Waals surface area contributed by atoms with Gasteiger partial charge in [0.05, 0.1) is 11.9 Å². The molecule has 3 aromatic rings. The van der Waals surface area contributed by atoms with Crippen LogP contribution in [-0.2, 0) is 32.6 Å². The van der Waals surface area contributed by atoms with Crippen molar-refractivity contribution in [1.29, 1.82) is 0 Å². The molecule has 0 saturated carbocycles. The van der Waals surface area contributed by atoms with Crippen molar-refractivity contribution in [3.63, 3.8) is 0 Å². The van der Waals surface area contributed by atoms with Crippen molar-refractivity contribution in [1.82, 2.24) is 10.2 Å². The molecule has 0 bridgehead atoms. The average molecular weight is 716 g/mol. The first kappa shape index (κ1) is 32.2. The van der Waals surface area contributed by atoms with Crippen LogP contribution in [0.25, 0.3) is 0 Å². The molecule has 0 spiro atoms. The Morgan fingerprint density at radius 1 is 0.925 bits per heavy atom. The summed E-state index contributed by atoms with van der Waals surface area (Å²) in [6.07, 6.45) is 1.24. The van der Waals surface area contributed by atoms with Crippen molar-refractivity contribution >= 4 is 73.3 Å². The van der Waals surface area contributed by atoms with E-state index < -0.39 is 34.1 Å². The fraction of sp³-hybridized carbons (Fsp3) is 0.310. The van der Waals surface area contributed by atoms with Crippen molar-refractivity contribution in [2.45, 2.75) is 45.3 Å². The minimum absolute atomic E-state index is 0.101. The summed E-state index contributed by atoms with van der Waals surface area (Å²) in [4.78, 5) is 29.2. The summed E-state index contributed by atoms with van der Waals surface area (Å²) in [6, 6.07) is 20.1. The Morgan fingerprint density at radius 3 is 2.02 bits per heavy atom. The highest BCUT2D eigenvalue weighted by molar-refractivity contribution is 14.1. The fourth-order valence-corrected chi connectivity index (χ4v) is 5.81. The smallest absolute Gasteiger partial charge is 0.244 e. The van der Waals surface area contributed by atoms with Crippen LogP contribution in [0, 0.1) is 3.57 Å². The minimum atomic E-state index is -3.85. The maximum absolute atomic E-state index is 14.1. The summed E-state index contributed by atoms with van der Waals surface area (Å²) >= 11 is 15.1. The standard InChI is InChI=1S/C29H32Cl2IN3O4S/c1-29(2,3)33-28(37)26(17-20-9-6-5-7-10-20)34(18-23-24(30)11-8-12-25(23)31)27(36)19-35(40(4,38)39)22-15-13-21(32)14-16-22/h5-16,26H,17-19H2,1-4H3,(H,33,37)/t26-/m0/s1. The first-order valence-electron chi connectivity index (χ1n) is 12.5. The fourth-order valence-electron chi connectivity index (χ4n) is 4.08. The van der Waals surface area contributed by atoms with Crippen LogP contribution in [0.2, 0.25) is 10.0 Å². The molecule has 0 radical (unpaired) electrons. The van der Waals surface area contributed by atoms with Gasteiger partial charge < -0.3 is 10.2 Å². The molecule has 0 aromatic heterocycles. The molecule has 11 heteroatoms. The van der Waals surface area contributed by atoms with Gasteiger partial charge in [-0.05, 0) is 85.3 Å². The van der Waals surface area contributed by atoms with Crippen molar-refractivity contribution in [2.75, 3.05) is 17.1 Å². The normalized spacial score (nSPS) is 12.5. The number of hydrogen-bond donors (Lipinski definition) is 1. The molecule has 0 heterocycles. The van der Waals surface area contributed by atoms with E-state index in [1.165, 1.54) is 4.90 Å². The van der Waals surface area contributed by atoms with Crippen LogP contribution in [0.5, 0.6) is 0 Å². The highest BCUT2D eigenvalue weighted by Crippen LogP contribution is 2.28. The van der Waals surface area contributed by atoms with Crippen LogP contribution in [-0.4, -0.2) is 49.5 Å². The second kappa shape index (κ2) is 13.5. The Kier molecular flexibility index (Phi) is 10.9. The van der Waals surface area contributed by atoms with E-state index in [4.69, 9.17) is 23.2 Å². The highest BCUT2D eigenvalue weighted by Gasteiger charge is 2.35. The molecule has 0 aliphatic heterocycles. The molecule has 3 rings (SSSR count). The summed E-state index contributed by atoms with van der Waals surface area (Å²) in [7, 11) is -3.85. The van der Waals surface area contributed by atoms with Crippen LogP contribution in [0.1, 0.15) is 31.9 Å². The monoisotopic (exact) mass is 715 g/mol. The molecule has 7 nitrogen and oxygen atoms in total. The van der Waals surface area contributed by atoms with Crippen molar-refractivity contribution in [2.24, 2.45) is 0 Å². The number of hydrogen-bond acceptors (Lipinski definition) is 4. The lowest BCUT2D eigenvalue weighted by atomic mass is 10.0. The van der Waals surface area contributed by atoms with Gasteiger partial charge in [0, 0.05) is 37.7 Å². The number of rotatable bonds is 10. The predicted octanol–water partition coefficient (Wildman–Crippen LogP) is 5.92. The molecule has 40 heavy (non-hydrogen) atoms. The third-order valence-electron chi connectivity index (χ3n) is 5.95. The first-order chi connectivity index (χ1) is 18.7. The van der Waals surface area contributed by atoms with E-state index in [0.29, 0.717) is 21.3 Å². The zero-order valence-electron chi connectivity index (χ0n) is 22.7. The predicted molar refractivity (Wildman–Crippen MR) is 170 cm³/mol. The summed E-state index contributed by atoms with van der Waals surface area (Å²) < 4.78 is 27.7. The van der Waals surface area contributed by atoms with Gasteiger partial charge in [-0.15, -0.1) is 0 Å². The SMILES string of the molecule is CC(C)(C)NC(=O)[C@H](Cc1ccccc1)N(Cc1c(Cl)cccc1Cl)C(=O)CN(c1ccc(I)cc1)S(C)(=O)=O. The Balaban J connectivity index is 2.11.